The Morgan fingerprint density at radius 1 is 0.739 bits per heavy atom. The van der Waals surface area contributed by atoms with Crippen molar-refractivity contribution >= 4 is 73.3 Å². The van der Waals surface area contributed by atoms with E-state index in [0.29, 0.717) is 5.56 Å². The second kappa shape index (κ2) is 5.90. The third-order valence-electron chi connectivity index (χ3n) is 3.98. The van der Waals surface area contributed by atoms with Gasteiger partial charge in [-0.3, -0.25) is 4.79 Å². The number of hydrogen-bond acceptors (Lipinski definition) is 1. The number of fused-ring (bicyclic) bond motifs is 3. The number of hydrogen-bond donors (Lipinski definition) is 0. The molecule has 0 atom stereocenters. The van der Waals surface area contributed by atoms with E-state index in [1.807, 2.05) is 24.3 Å². The van der Waals surface area contributed by atoms with Crippen LogP contribution < -0.4 is 0 Å². The Hall–Kier alpha value is -1.41. The highest BCUT2D eigenvalue weighted by atomic mass is 127. The number of carbonyl (C=O) groups excluding carboxylic acids is 1. The molecule has 4 rings (SSSR count). The first-order chi connectivity index (χ1) is 11.2. The van der Waals surface area contributed by atoms with Crippen molar-refractivity contribution in [2.75, 3.05) is 0 Å². The summed E-state index contributed by atoms with van der Waals surface area (Å²) in [6.45, 7) is 0. The first-order valence-electron chi connectivity index (χ1n) is 7.12. The average Bonchev–Trinajstić information content (AvgIpc) is 2.87. The summed E-state index contributed by atoms with van der Waals surface area (Å²) in [6.07, 6.45) is 0.877. The summed E-state index contributed by atoms with van der Waals surface area (Å²) in [6, 6.07) is 20.8. The van der Waals surface area contributed by atoms with Gasteiger partial charge >= 0.3 is 0 Å². The molecule has 23 heavy (non-hydrogen) atoms. The lowest BCUT2D eigenvalue weighted by molar-refractivity contribution is 0.112. The van der Waals surface area contributed by atoms with Gasteiger partial charge < -0.3 is 4.57 Å². The second-order valence-electron chi connectivity index (χ2n) is 5.37. The van der Waals surface area contributed by atoms with Crippen molar-refractivity contribution in [2.45, 2.75) is 0 Å². The summed E-state index contributed by atoms with van der Waals surface area (Å²) in [5.41, 5.74) is 4.14. The SMILES string of the molecule is O=Cc1ccc(-n2c3cc(I)ccc3c3ccc(I)cc32)cc1. The third kappa shape index (κ3) is 2.57. The normalized spacial score (nSPS) is 11.2. The molecule has 3 aromatic carbocycles. The molecule has 4 heteroatoms. The number of carbonyl (C=O) groups is 1. The standard InChI is InChI=1S/C19H11I2NO/c20-13-3-7-16-17-8-4-14(21)10-19(17)22(18(16)9-13)15-5-1-12(11-23)2-6-15/h1-11H. The number of aldehydes is 1. The predicted molar refractivity (Wildman–Crippen MR) is 112 cm³/mol. The van der Waals surface area contributed by atoms with Crippen LogP contribution in [0.15, 0.2) is 60.7 Å². The summed E-state index contributed by atoms with van der Waals surface area (Å²) in [7, 11) is 0. The van der Waals surface area contributed by atoms with Crippen LogP contribution in [0.4, 0.5) is 0 Å². The molecular formula is C19H11I2NO. The van der Waals surface area contributed by atoms with Crippen LogP contribution in [-0.2, 0) is 0 Å². The topological polar surface area (TPSA) is 22.0 Å². The molecule has 0 N–H and O–H groups in total. The van der Waals surface area contributed by atoms with Crippen molar-refractivity contribution in [2.24, 2.45) is 0 Å². The maximum Gasteiger partial charge on any atom is 0.150 e. The molecule has 0 radical (unpaired) electrons. The summed E-state index contributed by atoms with van der Waals surface area (Å²) < 4.78 is 4.68. The highest BCUT2D eigenvalue weighted by molar-refractivity contribution is 14.1. The number of aromatic nitrogens is 1. The van der Waals surface area contributed by atoms with Crippen molar-refractivity contribution in [3.63, 3.8) is 0 Å². The van der Waals surface area contributed by atoms with Gasteiger partial charge in [0.25, 0.3) is 0 Å². The minimum Gasteiger partial charge on any atom is -0.309 e. The largest absolute Gasteiger partial charge is 0.309 e. The molecular weight excluding hydrogens is 512 g/mol. The van der Waals surface area contributed by atoms with Gasteiger partial charge in [0.1, 0.15) is 6.29 Å². The van der Waals surface area contributed by atoms with Gasteiger partial charge in [0.05, 0.1) is 11.0 Å². The summed E-state index contributed by atoms with van der Waals surface area (Å²) in [5.74, 6) is 0. The van der Waals surface area contributed by atoms with Gasteiger partial charge in [-0.2, -0.15) is 0 Å². The third-order valence-corrected chi connectivity index (χ3v) is 5.32. The molecule has 0 unspecified atom stereocenters. The highest BCUT2D eigenvalue weighted by Gasteiger charge is 2.12. The molecule has 0 bridgehead atoms. The predicted octanol–water partition coefficient (Wildman–Crippen LogP) is 5.81. The first kappa shape index (κ1) is 15.1. The lowest BCUT2D eigenvalue weighted by atomic mass is 10.2. The van der Waals surface area contributed by atoms with Gasteiger partial charge in [-0.1, -0.05) is 12.1 Å². The van der Waals surface area contributed by atoms with Crippen LogP contribution in [0.5, 0.6) is 0 Å². The lowest BCUT2D eigenvalue weighted by Gasteiger charge is -2.08. The first-order valence-corrected chi connectivity index (χ1v) is 9.28. The Morgan fingerprint density at radius 3 is 1.74 bits per heavy atom. The van der Waals surface area contributed by atoms with Crippen LogP contribution in [0.25, 0.3) is 27.5 Å². The van der Waals surface area contributed by atoms with E-state index in [1.54, 1.807) is 0 Å². The fourth-order valence-electron chi connectivity index (χ4n) is 2.95. The van der Waals surface area contributed by atoms with Gasteiger partial charge in [0.2, 0.25) is 0 Å². The fourth-order valence-corrected chi connectivity index (χ4v) is 3.89. The average molecular weight is 523 g/mol. The van der Waals surface area contributed by atoms with Crippen molar-refractivity contribution < 1.29 is 4.79 Å². The molecule has 0 amide bonds. The maximum absolute atomic E-state index is 10.9. The minimum atomic E-state index is 0.693. The summed E-state index contributed by atoms with van der Waals surface area (Å²) in [5, 5.41) is 2.49. The molecule has 4 aromatic rings. The van der Waals surface area contributed by atoms with E-state index in [9.17, 15) is 4.79 Å². The Kier molecular flexibility index (Phi) is 3.88. The smallest absolute Gasteiger partial charge is 0.150 e. The second-order valence-corrected chi connectivity index (χ2v) is 7.86. The van der Waals surface area contributed by atoms with Crippen LogP contribution in [0.2, 0.25) is 0 Å². The number of benzene rings is 3. The van der Waals surface area contributed by atoms with E-state index in [-0.39, 0.29) is 0 Å². The Labute approximate surface area is 160 Å². The summed E-state index contributed by atoms with van der Waals surface area (Å²) in [4.78, 5) is 10.9. The molecule has 0 fully saturated rings. The molecule has 112 valence electrons. The van der Waals surface area contributed by atoms with E-state index in [4.69, 9.17) is 0 Å². The van der Waals surface area contributed by atoms with Crippen LogP contribution in [0.3, 0.4) is 0 Å². The molecule has 1 aromatic heterocycles. The number of rotatable bonds is 2. The molecule has 0 aliphatic carbocycles. The molecule has 0 saturated heterocycles. The van der Waals surface area contributed by atoms with E-state index in [2.05, 4.69) is 86.1 Å². The Bertz CT molecular complexity index is 989. The van der Waals surface area contributed by atoms with Gasteiger partial charge in [0, 0.05) is 29.2 Å². The zero-order valence-electron chi connectivity index (χ0n) is 12.0. The minimum absolute atomic E-state index is 0.693. The Balaban J connectivity index is 2.14. The fraction of sp³-hybridized carbons (Fsp3) is 0. The van der Waals surface area contributed by atoms with E-state index >= 15 is 0 Å². The van der Waals surface area contributed by atoms with Crippen molar-refractivity contribution in [1.82, 2.24) is 4.57 Å². The quantitative estimate of drug-likeness (QED) is 0.241. The van der Waals surface area contributed by atoms with E-state index in [0.717, 1.165) is 12.0 Å². The van der Waals surface area contributed by atoms with Crippen molar-refractivity contribution in [3.8, 4) is 5.69 Å². The Morgan fingerprint density at radius 2 is 1.26 bits per heavy atom. The molecule has 1 heterocycles. The van der Waals surface area contributed by atoms with Gasteiger partial charge in [-0.15, -0.1) is 0 Å². The number of halogens is 2. The highest BCUT2D eigenvalue weighted by Crippen LogP contribution is 2.33. The van der Waals surface area contributed by atoms with Crippen molar-refractivity contribution in [1.29, 1.82) is 0 Å². The molecule has 2 nitrogen and oxygen atoms in total. The lowest BCUT2D eigenvalue weighted by Crippen LogP contribution is -1.94. The summed E-state index contributed by atoms with van der Waals surface area (Å²) >= 11 is 4.69. The van der Waals surface area contributed by atoms with Gasteiger partial charge in [-0.25, -0.2) is 0 Å². The van der Waals surface area contributed by atoms with Crippen LogP contribution in [0.1, 0.15) is 10.4 Å². The van der Waals surface area contributed by atoms with Gasteiger partial charge in [-0.05, 0) is 93.7 Å². The van der Waals surface area contributed by atoms with Gasteiger partial charge in [0.15, 0.2) is 0 Å². The molecule has 0 aliphatic heterocycles. The zero-order valence-corrected chi connectivity index (χ0v) is 16.3. The van der Waals surface area contributed by atoms with Crippen molar-refractivity contribution in [3.05, 3.63) is 73.4 Å². The molecule has 0 spiro atoms. The number of nitrogens with zero attached hydrogens (tertiary/aromatic N) is 1. The van der Waals surface area contributed by atoms with Crippen LogP contribution >= 0.6 is 45.2 Å². The van der Waals surface area contributed by atoms with E-state index < -0.39 is 0 Å². The zero-order chi connectivity index (χ0) is 16.0. The monoisotopic (exact) mass is 523 g/mol. The van der Waals surface area contributed by atoms with Crippen LogP contribution in [-0.4, -0.2) is 10.9 Å². The van der Waals surface area contributed by atoms with Crippen LogP contribution in [0, 0.1) is 7.14 Å². The molecule has 0 aliphatic rings. The maximum atomic E-state index is 10.9. The molecule has 0 saturated carbocycles. The van der Waals surface area contributed by atoms with E-state index in [1.165, 1.54) is 28.9 Å².